The molecule has 0 heterocycles. The van der Waals surface area contributed by atoms with Crippen molar-refractivity contribution in [1.29, 1.82) is 0 Å². The Hall–Kier alpha value is -1.75. The largest absolute Gasteiger partial charge is 0.496 e. The quantitative estimate of drug-likeness (QED) is 0.595. The molecule has 2 N–H and O–H groups in total. The average Bonchev–Trinajstić information content (AvgIpc) is 2.26. The second-order valence-electron chi connectivity index (χ2n) is 2.94. The normalized spacial score (nSPS) is 9.80. The van der Waals surface area contributed by atoms with E-state index < -0.39 is 0 Å². The highest BCUT2D eigenvalue weighted by Gasteiger charge is 2.16. The van der Waals surface area contributed by atoms with Crippen LogP contribution in [-0.4, -0.2) is 32.2 Å². The number of amides is 1. The summed E-state index contributed by atoms with van der Waals surface area (Å²) in [7, 11) is 4.43. The zero-order valence-electron chi connectivity index (χ0n) is 8.98. The highest BCUT2D eigenvalue weighted by Crippen LogP contribution is 2.22. The van der Waals surface area contributed by atoms with Crippen molar-refractivity contribution in [3.63, 3.8) is 0 Å². The van der Waals surface area contributed by atoms with Gasteiger partial charge >= 0.3 is 0 Å². The van der Waals surface area contributed by atoms with Gasteiger partial charge in [0.25, 0.3) is 5.91 Å². The molecule has 5 heteroatoms. The molecule has 0 fully saturated rings. The third-order valence-electron chi connectivity index (χ3n) is 2.02. The third kappa shape index (κ3) is 2.38. The number of methoxy groups -OCH3 is 1. The second kappa shape index (κ2) is 4.65. The van der Waals surface area contributed by atoms with Crippen molar-refractivity contribution >= 4 is 11.6 Å². The van der Waals surface area contributed by atoms with Gasteiger partial charge in [0.1, 0.15) is 5.75 Å². The monoisotopic (exact) mass is 210 g/mol. The van der Waals surface area contributed by atoms with Crippen LogP contribution in [0.4, 0.5) is 5.69 Å². The van der Waals surface area contributed by atoms with Crippen molar-refractivity contribution in [2.45, 2.75) is 0 Å². The summed E-state index contributed by atoms with van der Waals surface area (Å²) < 4.78 is 5.06. The van der Waals surface area contributed by atoms with Gasteiger partial charge in [0, 0.05) is 18.8 Å². The molecule has 0 saturated heterocycles. The van der Waals surface area contributed by atoms with E-state index in [4.69, 9.17) is 15.3 Å². The van der Waals surface area contributed by atoms with Crippen molar-refractivity contribution in [2.75, 3.05) is 27.0 Å². The molecule has 0 saturated carbocycles. The van der Waals surface area contributed by atoms with Crippen LogP contribution < -0.4 is 10.5 Å². The van der Waals surface area contributed by atoms with Crippen LogP contribution in [0.2, 0.25) is 0 Å². The van der Waals surface area contributed by atoms with Gasteiger partial charge in [0.05, 0.1) is 19.8 Å². The fourth-order valence-electron chi connectivity index (χ4n) is 1.14. The Morgan fingerprint density at radius 1 is 1.40 bits per heavy atom. The number of benzene rings is 1. The predicted octanol–water partition coefficient (Wildman–Crippen LogP) is 0.911. The molecule has 5 nitrogen and oxygen atoms in total. The van der Waals surface area contributed by atoms with Crippen molar-refractivity contribution in [3.8, 4) is 5.75 Å². The van der Waals surface area contributed by atoms with Gasteiger partial charge < -0.3 is 10.5 Å². The van der Waals surface area contributed by atoms with Gasteiger partial charge in [-0.1, -0.05) is 0 Å². The molecule has 0 aliphatic heterocycles. The Bertz CT molecular complexity index is 366. The maximum atomic E-state index is 11.7. The maximum Gasteiger partial charge on any atom is 0.280 e. The van der Waals surface area contributed by atoms with Gasteiger partial charge in [-0.3, -0.25) is 9.63 Å². The van der Waals surface area contributed by atoms with Gasteiger partial charge in [-0.2, -0.15) is 0 Å². The Kier molecular flexibility index (Phi) is 3.51. The molecule has 0 unspecified atom stereocenters. The minimum Gasteiger partial charge on any atom is -0.496 e. The predicted molar refractivity (Wildman–Crippen MR) is 56.5 cm³/mol. The summed E-state index contributed by atoms with van der Waals surface area (Å²) in [5, 5.41) is 1.12. The van der Waals surface area contributed by atoms with E-state index in [1.165, 1.54) is 21.3 Å². The minimum absolute atomic E-state index is 0.283. The van der Waals surface area contributed by atoms with Gasteiger partial charge in [-0.15, -0.1) is 0 Å². The highest BCUT2D eigenvalue weighted by molar-refractivity contribution is 5.96. The van der Waals surface area contributed by atoms with Gasteiger partial charge in [0.15, 0.2) is 0 Å². The molecular weight excluding hydrogens is 196 g/mol. The summed E-state index contributed by atoms with van der Waals surface area (Å²) in [5.74, 6) is 0.151. The summed E-state index contributed by atoms with van der Waals surface area (Å²) in [6, 6.07) is 4.84. The number of hydrogen-bond donors (Lipinski definition) is 1. The van der Waals surface area contributed by atoms with Crippen LogP contribution >= 0.6 is 0 Å². The van der Waals surface area contributed by atoms with Gasteiger partial charge in [0.2, 0.25) is 0 Å². The van der Waals surface area contributed by atoms with Crippen molar-refractivity contribution in [3.05, 3.63) is 23.8 Å². The summed E-state index contributed by atoms with van der Waals surface area (Å²) in [6.45, 7) is 0. The van der Waals surface area contributed by atoms with E-state index in [0.29, 0.717) is 17.0 Å². The molecule has 1 amide bonds. The molecule has 0 aromatic heterocycles. The van der Waals surface area contributed by atoms with Crippen LogP contribution in [0.5, 0.6) is 5.75 Å². The highest BCUT2D eigenvalue weighted by atomic mass is 16.7. The summed E-state index contributed by atoms with van der Waals surface area (Å²) in [6.07, 6.45) is 0. The zero-order chi connectivity index (χ0) is 11.4. The van der Waals surface area contributed by atoms with Crippen LogP contribution in [0.3, 0.4) is 0 Å². The van der Waals surface area contributed by atoms with E-state index in [1.807, 2.05) is 0 Å². The molecule has 0 aliphatic rings. The number of hydroxylamine groups is 2. The number of carbonyl (C=O) groups is 1. The molecule has 0 atom stereocenters. The lowest BCUT2D eigenvalue weighted by atomic mass is 10.1. The number of nitrogen functional groups attached to an aromatic ring is 1. The lowest BCUT2D eigenvalue weighted by Crippen LogP contribution is -2.25. The first kappa shape index (κ1) is 11.3. The Morgan fingerprint density at radius 2 is 2.07 bits per heavy atom. The number of hydrogen-bond acceptors (Lipinski definition) is 4. The first-order valence-electron chi connectivity index (χ1n) is 4.35. The topological polar surface area (TPSA) is 64.8 Å². The van der Waals surface area contributed by atoms with Crippen LogP contribution in [0.1, 0.15) is 10.4 Å². The van der Waals surface area contributed by atoms with Crippen LogP contribution in [0.15, 0.2) is 18.2 Å². The summed E-state index contributed by atoms with van der Waals surface area (Å²) in [5.41, 5.74) is 6.53. The number of rotatable bonds is 3. The minimum atomic E-state index is -0.283. The van der Waals surface area contributed by atoms with Gasteiger partial charge in [-0.05, 0) is 12.1 Å². The first-order valence-corrected chi connectivity index (χ1v) is 4.35. The van der Waals surface area contributed by atoms with Crippen molar-refractivity contribution in [2.24, 2.45) is 0 Å². The Balaban J connectivity index is 3.08. The van der Waals surface area contributed by atoms with E-state index in [9.17, 15) is 4.79 Å². The number of nitrogens with zero attached hydrogens (tertiary/aromatic N) is 1. The Morgan fingerprint density at radius 3 is 2.60 bits per heavy atom. The smallest absolute Gasteiger partial charge is 0.280 e. The molecule has 0 bridgehead atoms. The lowest BCUT2D eigenvalue weighted by molar-refractivity contribution is -0.0758. The van der Waals surface area contributed by atoms with E-state index in [0.717, 1.165) is 5.06 Å². The SMILES string of the molecule is COc1cc(N)ccc1C(=O)N(C)OC. The van der Waals surface area contributed by atoms with E-state index >= 15 is 0 Å². The standard InChI is InChI=1S/C10H14N2O3/c1-12(15-3)10(13)8-5-4-7(11)6-9(8)14-2/h4-6H,11H2,1-3H3. The van der Waals surface area contributed by atoms with Crippen molar-refractivity contribution in [1.82, 2.24) is 5.06 Å². The van der Waals surface area contributed by atoms with Crippen LogP contribution in [0.25, 0.3) is 0 Å². The number of anilines is 1. The fourth-order valence-corrected chi connectivity index (χ4v) is 1.14. The third-order valence-corrected chi connectivity index (χ3v) is 2.02. The number of ether oxygens (including phenoxy) is 1. The molecule has 82 valence electrons. The maximum absolute atomic E-state index is 11.7. The molecule has 1 aromatic rings. The molecule has 0 radical (unpaired) electrons. The molecular formula is C10H14N2O3. The van der Waals surface area contributed by atoms with E-state index in [-0.39, 0.29) is 5.91 Å². The number of carbonyl (C=O) groups excluding carboxylic acids is 1. The molecule has 0 aliphatic carbocycles. The zero-order valence-corrected chi connectivity index (χ0v) is 8.98. The summed E-state index contributed by atoms with van der Waals surface area (Å²) >= 11 is 0. The second-order valence-corrected chi connectivity index (χ2v) is 2.94. The lowest BCUT2D eigenvalue weighted by Gasteiger charge is -2.15. The fraction of sp³-hybridized carbons (Fsp3) is 0.300. The number of nitrogens with two attached hydrogens (primary N) is 1. The molecule has 0 spiro atoms. The molecule has 15 heavy (non-hydrogen) atoms. The van der Waals surface area contributed by atoms with E-state index in [2.05, 4.69) is 0 Å². The molecule has 1 rings (SSSR count). The van der Waals surface area contributed by atoms with E-state index in [1.54, 1.807) is 18.2 Å². The average molecular weight is 210 g/mol. The van der Waals surface area contributed by atoms with Crippen LogP contribution in [0, 0.1) is 0 Å². The van der Waals surface area contributed by atoms with Gasteiger partial charge in [-0.25, -0.2) is 5.06 Å². The Labute approximate surface area is 88.3 Å². The molecule has 1 aromatic carbocycles. The summed E-state index contributed by atoms with van der Waals surface area (Å²) in [4.78, 5) is 16.5. The first-order chi connectivity index (χ1) is 7.10. The van der Waals surface area contributed by atoms with Crippen LogP contribution in [-0.2, 0) is 4.84 Å². The van der Waals surface area contributed by atoms with Crippen molar-refractivity contribution < 1.29 is 14.4 Å².